The molecule has 0 bridgehead atoms. The van der Waals surface area contributed by atoms with E-state index in [1.807, 2.05) is 36.2 Å². The van der Waals surface area contributed by atoms with Crippen LogP contribution in [0.15, 0.2) is 24.4 Å². The molecule has 0 spiro atoms. The van der Waals surface area contributed by atoms with Crippen molar-refractivity contribution in [1.82, 2.24) is 19.9 Å². The molecule has 9 heteroatoms. The predicted molar refractivity (Wildman–Crippen MR) is 89.8 cm³/mol. The van der Waals surface area contributed by atoms with Crippen molar-refractivity contribution in [2.24, 2.45) is 0 Å². The highest BCUT2D eigenvalue weighted by atomic mass is 35.5. The molecule has 3 heterocycles. The number of hydrogen-bond donors (Lipinski definition) is 2. The monoisotopic (exact) mass is 349 g/mol. The van der Waals surface area contributed by atoms with Crippen LogP contribution < -0.4 is 10.6 Å². The topological polar surface area (TPSA) is 71.3 Å². The van der Waals surface area contributed by atoms with Crippen LogP contribution >= 0.6 is 36.6 Å². The standard InChI is InChI=1S/C12H15N5OS.2ClH/c18-11(7-9-8-19-6-4-13-9)14-12-16-15-10-3-1-2-5-17(10)12;;/h1-3,5,9,13H,4,6-8H2,(H,14,16,18);2*1H. The average molecular weight is 350 g/mol. The summed E-state index contributed by atoms with van der Waals surface area (Å²) in [5.41, 5.74) is 0.726. The van der Waals surface area contributed by atoms with Crippen LogP contribution in [0.4, 0.5) is 5.95 Å². The first-order valence-electron chi connectivity index (χ1n) is 6.24. The number of nitrogens with zero attached hydrogens (tertiary/aromatic N) is 3. The van der Waals surface area contributed by atoms with E-state index in [1.165, 1.54) is 0 Å². The molecule has 116 valence electrons. The first-order valence-corrected chi connectivity index (χ1v) is 7.39. The third-order valence-electron chi connectivity index (χ3n) is 3.00. The molecule has 2 aromatic rings. The van der Waals surface area contributed by atoms with Crippen LogP contribution in [0.25, 0.3) is 5.65 Å². The predicted octanol–water partition coefficient (Wildman–Crippen LogP) is 1.61. The van der Waals surface area contributed by atoms with Gasteiger partial charge in [0.25, 0.3) is 0 Å². The van der Waals surface area contributed by atoms with Crippen LogP contribution in [-0.2, 0) is 4.79 Å². The number of halogens is 2. The summed E-state index contributed by atoms with van der Waals surface area (Å²) < 4.78 is 1.76. The quantitative estimate of drug-likeness (QED) is 0.880. The molecule has 1 aliphatic rings. The molecule has 0 radical (unpaired) electrons. The molecule has 1 saturated heterocycles. The molecule has 6 nitrogen and oxygen atoms in total. The van der Waals surface area contributed by atoms with Crippen LogP contribution in [0.1, 0.15) is 6.42 Å². The molecule has 2 aromatic heterocycles. The van der Waals surface area contributed by atoms with Gasteiger partial charge in [-0.05, 0) is 12.1 Å². The number of hydrogen-bond acceptors (Lipinski definition) is 5. The second kappa shape index (κ2) is 8.43. The molecule has 0 saturated carbocycles. The minimum Gasteiger partial charge on any atom is -0.312 e. The molecule has 1 unspecified atom stereocenters. The molecule has 0 aliphatic carbocycles. The Balaban J connectivity index is 0.00000110. The van der Waals surface area contributed by atoms with E-state index in [2.05, 4.69) is 20.8 Å². The minimum atomic E-state index is -0.0295. The number of anilines is 1. The number of carbonyl (C=O) groups excluding carboxylic acids is 1. The number of amides is 1. The highest BCUT2D eigenvalue weighted by molar-refractivity contribution is 7.99. The van der Waals surface area contributed by atoms with Gasteiger partial charge in [0, 0.05) is 36.7 Å². The molecular weight excluding hydrogens is 333 g/mol. The summed E-state index contributed by atoms with van der Waals surface area (Å²) in [7, 11) is 0. The average Bonchev–Trinajstić information content (AvgIpc) is 2.83. The number of thioether (sulfide) groups is 1. The Morgan fingerprint density at radius 2 is 2.29 bits per heavy atom. The van der Waals surface area contributed by atoms with Crippen molar-refractivity contribution >= 4 is 54.1 Å². The Labute approximate surface area is 139 Å². The number of pyridine rings is 1. The van der Waals surface area contributed by atoms with Gasteiger partial charge < -0.3 is 5.32 Å². The largest absolute Gasteiger partial charge is 0.312 e. The first-order chi connectivity index (χ1) is 9.33. The second-order valence-electron chi connectivity index (χ2n) is 4.43. The van der Waals surface area contributed by atoms with Crippen molar-refractivity contribution in [3.05, 3.63) is 24.4 Å². The maximum atomic E-state index is 12.0. The van der Waals surface area contributed by atoms with E-state index in [0.29, 0.717) is 12.4 Å². The van der Waals surface area contributed by atoms with Gasteiger partial charge in [0.2, 0.25) is 11.9 Å². The van der Waals surface area contributed by atoms with Crippen molar-refractivity contribution < 1.29 is 4.79 Å². The lowest BCUT2D eigenvalue weighted by Gasteiger charge is -2.22. The van der Waals surface area contributed by atoms with Gasteiger partial charge in [0.15, 0.2) is 5.65 Å². The van der Waals surface area contributed by atoms with Crippen LogP contribution in [-0.4, -0.2) is 44.6 Å². The van der Waals surface area contributed by atoms with Crippen LogP contribution in [0.2, 0.25) is 0 Å². The second-order valence-corrected chi connectivity index (χ2v) is 5.58. The fraction of sp³-hybridized carbons (Fsp3) is 0.417. The zero-order valence-corrected chi connectivity index (χ0v) is 13.6. The fourth-order valence-electron chi connectivity index (χ4n) is 2.08. The van der Waals surface area contributed by atoms with E-state index < -0.39 is 0 Å². The Kier molecular flexibility index (Phi) is 7.24. The van der Waals surface area contributed by atoms with E-state index in [1.54, 1.807) is 4.40 Å². The van der Waals surface area contributed by atoms with Gasteiger partial charge in [-0.25, -0.2) is 0 Å². The smallest absolute Gasteiger partial charge is 0.235 e. The van der Waals surface area contributed by atoms with Crippen LogP contribution in [0.5, 0.6) is 0 Å². The molecule has 1 aliphatic heterocycles. The maximum absolute atomic E-state index is 12.0. The third-order valence-corrected chi connectivity index (χ3v) is 4.13. The van der Waals surface area contributed by atoms with Gasteiger partial charge in [0.05, 0.1) is 0 Å². The lowest BCUT2D eigenvalue weighted by molar-refractivity contribution is -0.116. The van der Waals surface area contributed by atoms with Crippen LogP contribution in [0.3, 0.4) is 0 Å². The normalized spacial score (nSPS) is 17.6. The Morgan fingerprint density at radius 3 is 3.05 bits per heavy atom. The Hall–Kier alpha value is -1.02. The summed E-state index contributed by atoms with van der Waals surface area (Å²) in [6, 6.07) is 5.87. The lowest BCUT2D eigenvalue weighted by atomic mass is 10.2. The molecule has 1 amide bonds. The number of fused-ring (bicyclic) bond motifs is 1. The highest BCUT2D eigenvalue weighted by Crippen LogP contribution is 2.12. The Morgan fingerprint density at radius 1 is 1.43 bits per heavy atom. The molecule has 0 aromatic carbocycles. The van der Waals surface area contributed by atoms with Crippen molar-refractivity contribution in [2.75, 3.05) is 23.4 Å². The zero-order valence-electron chi connectivity index (χ0n) is 11.2. The molecule has 3 rings (SSSR count). The summed E-state index contributed by atoms with van der Waals surface area (Å²) in [5, 5.41) is 14.1. The van der Waals surface area contributed by atoms with E-state index in [0.717, 1.165) is 23.7 Å². The summed E-state index contributed by atoms with van der Waals surface area (Å²) in [6.07, 6.45) is 2.30. The van der Waals surface area contributed by atoms with Gasteiger partial charge in [-0.1, -0.05) is 6.07 Å². The minimum absolute atomic E-state index is 0. The van der Waals surface area contributed by atoms with Crippen LogP contribution in [0, 0.1) is 0 Å². The van der Waals surface area contributed by atoms with E-state index in [-0.39, 0.29) is 36.8 Å². The number of carbonyl (C=O) groups is 1. The van der Waals surface area contributed by atoms with Gasteiger partial charge in [-0.15, -0.1) is 35.0 Å². The van der Waals surface area contributed by atoms with E-state index >= 15 is 0 Å². The number of rotatable bonds is 3. The van der Waals surface area contributed by atoms with E-state index in [4.69, 9.17) is 0 Å². The number of aromatic nitrogens is 3. The van der Waals surface area contributed by atoms with Crippen molar-refractivity contribution in [3.8, 4) is 0 Å². The third kappa shape index (κ3) is 4.47. The van der Waals surface area contributed by atoms with Crippen molar-refractivity contribution in [1.29, 1.82) is 0 Å². The Bertz CT molecular complexity index is 588. The molecule has 1 atom stereocenters. The van der Waals surface area contributed by atoms with Gasteiger partial charge in [0.1, 0.15) is 0 Å². The summed E-state index contributed by atoms with van der Waals surface area (Å²) in [5.74, 6) is 2.54. The molecular formula is C12H17Cl2N5OS. The van der Waals surface area contributed by atoms with E-state index in [9.17, 15) is 4.79 Å². The summed E-state index contributed by atoms with van der Waals surface area (Å²) in [6.45, 7) is 0.969. The van der Waals surface area contributed by atoms with Gasteiger partial charge in [-0.3, -0.25) is 14.5 Å². The summed E-state index contributed by atoms with van der Waals surface area (Å²) >= 11 is 1.88. The maximum Gasteiger partial charge on any atom is 0.235 e. The fourth-order valence-corrected chi connectivity index (χ4v) is 3.03. The zero-order chi connectivity index (χ0) is 13.1. The summed E-state index contributed by atoms with van der Waals surface area (Å²) in [4.78, 5) is 12.0. The van der Waals surface area contributed by atoms with Gasteiger partial charge in [-0.2, -0.15) is 11.8 Å². The SMILES string of the molecule is Cl.Cl.O=C(CC1CSCCN1)Nc1nnc2ccccn12. The molecule has 21 heavy (non-hydrogen) atoms. The molecule has 1 fully saturated rings. The molecule has 2 N–H and O–H groups in total. The van der Waals surface area contributed by atoms with Crippen molar-refractivity contribution in [3.63, 3.8) is 0 Å². The highest BCUT2D eigenvalue weighted by Gasteiger charge is 2.17. The first kappa shape index (κ1) is 18.0. The van der Waals surface area contributed by atoms with Crippen molar-refractivity contribution in [2.45, 2.75) is 12.5 Å². The van der Waals surface area contributed by atoms with Gasteiger partial charge >= 0.3 is 0 Å². The number of nitrogens with one attached hydrogen (secondary N) is 2. The lowest BCUT2D eigenvalue weighted by Crippen LogP contribution is -2.40.